The molecule has 1 unspecified atom stereocenters. The Morgan fingerprint density at radius 3 is 2.52 bits per heavy atom. The monoisotopic (exact) mass is 346 g/mol. The van der Waals surface area contributed by atoms with Crippen molar-refractivity contribution < 1.29 is 4.74 Å². The van der Waals surface area contributed by atoms with Crippen LogP contribution in [0.15, 0.2) is 47.2 Å². The van der Waals surface area contributed by atoms with E-state index in [2.05, 4.69) is 57.0 Å². The molecule has 1 aliphatic rings. The molecule has 110 valence electrons. The van der Waals surface area contributed by atoms with Crippen molar-refractivity contribution in [2.75, 3.05) is 13.1 Å². The summed E-state index contributed by atoms with van der Waals surface area (Å²) in [5.41, 5.74) is 2.46. The number of aromatic nitrogens is 1. The molecule has 4 heteroatoms. The Morgan fingerprint density at radius 2 is 1.86 bits per heavy atom. The lowest BCUT2D eigenvalue weighted by Crippen LogP contribution is -2.30. The van der Waals surface area contributed by atoms with E-state index in [0.717, 1.165) is 23.3 Å². The van der Waals surface area contributed by atoms with Crippen molar-refractivity contribution in [1.29, 1.82) is 0 Å². The van der Waals surface area contributed by atoms with Gasteiger partial charge in [-0.1, -0.05) is 29.8 Å². The van der Waals surface area contributed by atoms with Crippen LogP contribution < -0.4 is 4.74 Å². The summed E-state index contributed by atoms with van der Waals surface area (Å²) in [4.78, 5) is 6.58. The Hall–Kier alpha value is -1.39. The van der Waals surface area contributed by atoms with Crippen molar-refractivity contribution in [3.63, 3.8) is 0 Å². The smallest absolute Gasteiger partial charge is 0.179 e. The van der Waals surface area contributed by atoms with Gasteiger partial charge in [0.2, 0.25) is 0 Å². The molecular formula is C17H19BrN2O. The van der Waals surface area contributed by atoms with Crippen LogP contribution in [0.3, 0.4) is 0 Å². The van der Waals surface area contributed by atoms with E-state index in [4.69, 9.17) is 4.74 Å². The number of pyridine rings is 1. The van der Waals surface area contributed by atoms with E-state index < -0.39 is 0 Å². The molecule has 0 radical (unpaired) electrons. The second kappa shape index (κ2) is 6.58. The van der Waals surface area contributed by atoms with Crippen molar-refractivity contribution in [1.82, 2.24) is 9.88 Å². The number of rotatable bonds is 4. The van der Waals surface area contributed by atoms with Gasteiger partial charge in [0, 0.05) is 29.3 Å². The minimum Gasteiger partial charge on any atom is -0.469 e. The zero-order chi connectivity index (χ0) is 14.7. The van der Waals surface area contributed by atoms with Crippen molar-refractivity contribution >= 4 is 15.9 Å². The highest BCUT2D eigenvalue weighted by Crippen LogP contribution is 2.29. The Bertz CT molecular complexity index is 594. The lowest BCUT2D eigenvalue weighted by molar-refractivity contribution is 0.0417. The lowest BCUT2D eigenvalue weighted by atomic mass is 10.1. The van der Waals surface area contributed by atoms with Crippen LogP contribution in [0.25, 0.3) is 0 Å². The van der Waals surface area contributed by atoms with Gasteiger partial charge in [-0.3, -0.25) is 9.88 Å². The Labute approximate surface area is 134 Å². The summed E-state index contributed by atoms with van der Waals surface area (Å²) in [5.74, 6) is 0.793. The second-order valence-corrected chi connectivity index (χ2v) is 6.38. The molecule has 1 aliphatic heterocycles. The summed E-state index contributed by atoms with van der Waals surface area (Å²) in [6.07, 6.45) is 5.97. The predicted octanol–water partition coefficient (Wildman–Crippen LogP) is 4.33. The van der Waals surface area contributed by atoms with Gasteiger partial charge < -0.3 is 4.74 Å². The van der Waals surface area contributed by atoms with Crippen LogP contribution in [0.1, 0.15) is 30.2 Å². The number of ether oxygens (including phenoxy) is 1. The third-order valence-electron chi connectivity index (χ3n) is 3.76. The Kier molecular flexibility index (Phi) is 4.56. The quantitative estimate of drug-likeness (QED) is 0.823. The fourth-order valence-corrected chi connectivity index (χ4v) is 2.99. The summed E-state index contributed by atoms with van der Waals surface area (Å²) >= 11 is 3.45. The first-order valence-electron chi connectivity index (χ1n) is 7.30. The van der Waals surface area contributed by atoms with Gasteiger partial charge in [-0.15, -0.1) is 0 Å². The van der Waals surface area contributed by atoms with Crippen molar-refractivity contribution in [2.45, 2.75) is 26.0 Å². The third-order valence-corrected chi connectivity index (χ3v) is 4.20. The molecule has 2 aromatic rings. The van der Waals surface area contributed by atoms with Crippen LogP contribution in [-0.4, -0.2) is 23.0 Å². The van der Waals surface area contributed by atoms with Crippen molar-refractivity contribution in [3.05, 3.63) is 58.3 Å². The zero-order valence-corrected chi connectivity index (χ0v) is 13.7. The van der Waals surface area contributed by atoms with Gasteiger partial charge in [0.1, 0.15) is 5.75 Å². The first kappa shape index (κ1) is 14.5. The van der Waals surface area contributed by atoms with E-state index in [1.54, 1.807) is 12.4 Å². The number of halogens is 1. The molecule has 0 bridgehead atoms. The maximum absolute atomic E-state index is 6.24. The molecule has 2 heterocycles. The minimum atomic E-state index is -0.0378. The molecular weight excluding hydrogens is 328 g/mol. The second-order valence-electron chi connectivity index (χ2n) is 5.46. The molecule has 0 amide bonds. The maximum Gasteiger partial charge on any atom is 0.179 e. The summed E-state index contributed by atoms with van der Waals surface area (Å²) in [6.45, 7) is 4.27. The van der Waals surface area contributed by atoms with Crippen LogP contribution in [0.4, 0.5) is 0 Å². The van der Waals surface area contributed by atoms with E-state index in [0.29, 0.717) is 0 Å². The van der Waals surface area contributed by atoms with E-state index >= 15 is 0 Å². The number of likely N-dealkylation sites (tertiary alicyclic amines) is 1. The van der Waals surface area contributed by atoms with Gasteiger partial charge in [0.15, 0.2) is 6.23 Å². The van der Waals surface area contributed by atoms with Crippen LogP contribution in [0.2, 0.25) is 0 Å². The topological polar surface area (TPSA) is 25.4 Å². The minimum absolute atomic E-state index is 0.0378. The highest BCUT2D eigenvalue weighted by atomic mass is 79.9. The molecule has 0 aliphatic carbocycles. The molecule has 0 spiro atoms. The number of benzene rings is 1. The highest BCUT2D eigenvalue weighted by Gasteiger charge is 2.25. The fraction of sp³-hybridized carbons (Fsp3) is 0.353. The zero-order valence-electron chi connectivity index (χ0n) is 12.1. The number of aryl methyl sites for hydroxylation is 1. The van der Waals surface area contributed by atoms with Gasteiger partial charge >= 0.3 is 0 Å². The van der Waals surface area contributed by atoms with Gasteiger partial charge in [-0.05, 0) is 41.8 Å². The number of hydrogen-bond donors (Lipinski definition) is 0. The molecule has 3 nitrogen and oxygen atoms in total. The van der Waals surface area contributed by atoms with Crippen LogP contribution in [0, 0.1) is 6.92 Å². The van der Waals surface area contributed by atoms with Crippen LogP contribution >= 0.6 is 15.9 Å². The predicted molar refractivity (Wildman–Crippen MR) is 87.3 cm³/mol. The lowest BCUT2D eigenvalue weighted by Gasteiger charge is -2.28. The SMILES string of the molecule is Cc1ccc(C(Oc2cncc(Br)c2)N2CCCC2)cc1. The summed E-state index contributed by atoms with van der Waals surface area (Å²) in [5, 5.41) is 0. The first-order valence-corrected chi connectivity index (χ1v) is 8.09. The molecule has 1 aromatic heterocycles. The standard InChI is InChI=1S/C17H19BrN2O/c1-13-4-6-14(7-5-13)17(20-8-2-3-9-20)21-16-10-15(18)11-19-12-16/h4-7,10-12,17H,2-3,8-9H2,1H3. The van der Waals surface area contributed by atoms with Gasteiger partial charge in [-0.25, -0.2) is 0 Å². The largest absolute Gasteiger partial charge is 0.469 e. The van der Waals surface area contributed by atoms with Gasteiger partial charge in [0.05, 0.1) is 6.20 Å². The molecule has 0 N–H and O–H groups in total. The molecule has 1 fully saturated rings. The van der Waals surface area contributed by atoms with Crippen LogP contribution in [0.5, 0.6) is 5.75 Å². The first-order chi connectivity index (χ1) is 10.2. The number of nitrogens with zero attached hydrogens (tertiary/aromatic N) is 2. The van der Waals surface area contributed by atoms with Crippen molar-refractivity contribution in [3.8, 4) is 5.75 Å². The average molecular weight is 347 g/mol. The fourth-order valence-electron chi connectivity index (χ4n) is 2.65. The molecule has 1 aromatic carbocycles. The van der Waals surface area contributed by atoms with Gasteiger partial charge in [0.25, 0.3) is 0 Å². The molecule has 0 saturated carbocycles. The summed E-state index contributed by atoms with van der Waals surface area (Å²) < 4.78 is 7.17. The number of hydrogen-bond acceptors (Lipinski definition) is 3. The molecule has 21 heavy (non-hydrogen) atoms. The normalized spacial score (nSPS) is 16.9. The summed E-state index contributed by atoms with van der Waals surface area (Å²) in [7, 11) is 0. The van der Waals surface area contributed by atoms with Gasteiger partial charge in [-0.2, -0.15) is 0 Å². The Balaban J connectivity index is 1.86. The van der Waals surface area contributed by atoms with Crippen LogP contribution in [-0.2, 0) is 0 Å². The third kappa shape index (κ3) is 3.63. The summed E-state index contributed by atoms with van der Waals surface area (Å²) in [6, 6.07) is 10.6. The van der Waals surface area contributed by atoms with E-state index in [9.17, 15) is 0 Å². The highest BCUT2D eigenvalue weighted by molar-refractivity contribution is 9.10. The molecule has 1 atom stereocenters. The van der Waals surface area contributed by atoms with E-state index in [-0.39, 0.29) is 6.23 Å². The van der Waals surface area contributed by atoms with Crippen molar-refractivity contribution in [2.24, 2.45) is 0 Å². The Morgan fingerprint density at radius 1 is 1.14 bits per heavy atom. The molecule has 1 saturated heterocycles. The van der Waals surface area contributed by atoms with E-state index in [1.807, 2.05) is 6.07 Å². The molecule has 3 rings (SSSR count). The maximum atomic E-state index is 6.24. The van der Waals surface area contributed by atoms with E-state index in [1.165, 1.54) is 24.0 Å². The average Bonchev–Trinajstić information content (AvgIpc) is 3.00.